The van der Waals surface area contributed by atoms with Gasteiger partial charge in [0, 0.05) is 37.9 Å². The molecule has 1 saturated heterocycles. The molecule has 10 nitrogen and oxygen atoms in total. The first-order valence-corrected chi connectivity index (χ1v) is 13.9. The molecular formula is C27H38BrN7O3. The second-order valence-electron chi connectivity index (χ2n) is 10.8. The fraction of sp³-hybridized carbons (Fsp3) is 0.556. The number of fused-ring (bicyclic) bond motifs is 1. The number of imidazole rings is 2. The van der Waals surface area contributed by atoms with Gasteiger partial charge in [0.2, 0.25) is 5.96 Å². The number of guanidine groups is 1. The molecular weight excluding hydrogens is 550 g/mol. The van der Waals surface area contributed by atoms with E-state index in [2.05, 4.69) is 48.0 Å². The number of nitrogens with zero attached hydrogens (tertiary/aromatic N) is 5. The number of carbonyl (C=O) groups is 1. The van der Waals surface area contributed by atoms with Crippen molar-refractivity contribution >= 4 is 44.6 Å². The number of aliphatic imine (C=N–C) groups is 1. The Bertz CT molecular complexity index is 1260. The van der Waals surface area contributed by atoms with E-state index in [4.69, 9.17) is 14.5 Å². The summed E-state index contributed by atoms with van der Waals surface area (Å²) in [7, 11) is 1.99. The molecule has 2 atom stereocenters. The maximum Gasteiger partial charge on any atom is 0.311 e. The molecule has 2 unspecified atom stereocenters. The zero-order valence-corrected chi connectivity index (χ0v) is 24.4. The summed E-state index contributed by atoms with van der Waals surface area (Å²) < 4.78 is 14.9. The lowest BCUT2D eigenvalue weighted by molar-refractivity contribution is -0.155. The van der Waals surface area contributed by atoms with Gasteiger partial charge in [-0.05, 0) is 61.2 Å². The quantitative estimate of drug-likeness (QED) is 0.320. The summed E-state index contributed by atoms with van der Waals surface area (Å²) in [5.74, 6) is 0.915. The van der Waals surface area contributed by atoms with Crippen molar-refractivity contribution in [1.82, 2.24) is 29.7 Å². The second-order valence-corrected chi connectivity index (χ2v) is 11.6. The van der Waals surface area contributed by atoms with Crippen molar-refractivity contribution in [2.45, 2.75) is 40.5 Å². The predicted octanol–water partition coefficient (Wildman–Crippen LogP) is 4.40. The monoisotopic (exact) mass is 587 g/mol. The molecule has 4 rings (SSSR count). The van der Waals surface area contributed by atoms with E-state index in [-0.39, 0.29) is 17.8 Å². The molecule has 3 heterocycles. The summed E-state index contributed by atoms with van der Waals surface area (Å²) in [5, 5.41) is 3.36. The van der Waals surface area contributed by atoms with Crippen LogP contribution >= 0.6 is 15.9 Å². The average molecular weight is 589 g/mol. The molecule has 206 valence electrons. The van der Waals surface area contributed by atoms with Gasteiger partial charge in [0.15, 0.2) is 0 Å². The highest BCUT2D eigenvalue weighted by atomic mass is 79.9. The van der Waals surface area contributed by atoms with E-state index in [0.29, 0.717) is 19.9 Å². The van der Waals surface area contributed by atoms with Gasteiger partial charge < -0.3 is 29.2 Å². The minimum Gasteiger partial charge on any atom is -0.465 e. The van der Waals surface area contributed by atoms with Crippen LogP contribution in [0.25, 0.3) is 11.0 Å². The molecule has 2 aromatic heterocycles. The zero-order chi connectivity index (χ0) is 27.3. The van der Waals surface area contributed by atoms with Crippen LogP contribution in [0, 0.1) is 17.3 Å². The Labute approximate surface area is 232 Å². The third kappa shape index (κ3) is 6.74. The van der Waals surface area contributed by atoms with Crippen LogP contribution in [0.15, 0.2) is 40.4 Å². The summed E-state index contributed by atoms with van der Waals surface area (Å²) in [6.07, 6.45) is 7.02. The number of rotatable bonds is 11. The standard InChI is InChI=1S/C27H38BrN7O3/c1-6-18(19(11-20-12-29-16-34(20)5)14-38-25(36)27(2,3)4)13-37-17-35-10-9-30-26(35)33-21-7-8-22-24(23(21)28)32-15-31-22/h7-8,12,15-16,18-19H,6,9-11,13-14,17H2,1-5H3,(H,30,33)(H,31,32). The molecule has 0 aliphatic carbocycles. The SMILES string of the molecule is CCC(COCN1CCN/C1=N/c1ccc2[nH]cnc2c1Br)C(COC(=O)C(C)(C)C)Cc1cncn1C. The highest BCUT2D eigenvalue weighted by molar-refractivity contribution is 9.10. The minimum absolute atomic E-state index is 0.114. The maximum atomic E-state index is 12.5. The predicted molar refractivity (Wildman–Crippen MR) is 151 cm³/mol. The number of aromatic amines is 1. The number of H-pyrrole nitrogens is 1. The van der Waals surface area contributed by atoms with Crippen LogP contribution in [0.4, 0.5) is 5.69 Å². The van der Waals surface area contributed by atoms with Crippen molar-refractivity contribution in [3.8, 4) is 0 Å². The third-order valence-electron chi connectivity index (χ3n) is 6.90. The van der Waals surface area contributed by atoms with Crippen LogP contribution in [0.2, 0.25) is 0 Å². The maximum absolute atomic E-state index is 12.5. The van der Waals surface area contributed by atoms with Crippen LogP contribution in [0.5, 0.6) is 0 Å². The molecule has 1 aromatic carbocycles. The number of nitrogens with one attached hydrogen (secondary N) is 2. The number of halogens is 1. The lowest BCUT2D eigenvalue weighted by Gasteiger charge is -2.28. The summed E-state index contributed by atoms with van der Waals surface area (Å²) in [5.41, 5.74) is 3.19. The lowest BCUT2D eigenvalue weighted by atomic mass is 9.87. The van der Waals surface area contributed by atoms with Gasteiger partial charge in [-0.15, -0.1) is 0 Å². The van der Waals surface area contributed by atoms with Crippen molar-refractivity contribution in [3.05, 3.63) is 41.2 Å². The number of ether oxygens (including phenoxy) is 2. The van der Waals surface area contributed by atoms with E-state index < -0.39 is 5.41 Å². The molecule has 1 aliphatic heterocycles. The van der Waals surface area contributed by atoms with Gasteiger partial charge in [-0.25, -0.2) is 15.0 Å². The zero-order valence-electron chi connectivity index (χ0n) is 22.8. The number of hydrogen-bond acceptors (Lipinski definition) is 6. The number of carbonyl (C=O) groups excluding carboxylic acids is 1. The summed E-state index contributed by atoms with van der Waals surface area (Å²) >= 11 is 3.64. The molecule has 3 aromatic rings. The van der Waals surface area contributed by atoms with Crippen molar-refractivity contribution in [1.29, 1.82) is 0 Å². The number of aryl methyl sites for hydroxylation is 1. The molecule has 11 heteroatoms. The van der Waals surface area contributed by atoms with Crippen LogP contribution in [0.3, 0.4) is 0 Å². The first-order chi connectivity index (χ1) is 18.2. The van der Waals surface area contributed by atoms with Crippen LogP contribution in [-0.4, -0.2) is 69.4 Å². The summed E-state index contributed by atoms with van der Waals surface area (Å²) in [6, 6.07) is 3.94. The van der Waals surface area contributed by atoms with Gasteiger partial charge >= 0.3 is 5.97 Å². The number of hydrogen-bond donors (Lipinski definition) is 2. The van der Waals surface area contributed by atoms with Crippen LogP contribution in [-0.2, 0) is 27.7 Å². The van der Waals surface area contributed by atoms with Gasteiger partial charge in [0.25, 0.3) is 0 Å². The second kappa shape index (κ2) is 12.3. The summed E-state index contributed by atoms with van der Waals surface area (Å²) in [4.78, 5) is 31.2. The minimum atomic E-state index is -0.537. The highest BCUT2D eigenvalue weighted by Gasteiger charge is 2.28. The van der Waals surface area contributed by atoms with Gasteiger partial charge in [-0.2, -0.15) is 0 Å². The van der Waals surface area contributed by atoms with Crippen molar-refractivity contribution in [2.24, 2.45) is 29.3 Å². The molecule has 2 N–H and O–H groups in total. The Balaban J connectivity index is 1.40. The first-order valence-electron chi connectivity index (χ1n) is 13.1. The summed E-state index contributed by atoms with van der Waals surface area (Å²) in [6.45, 7) is 10.7. The molecule has 0 bridgehead atoms. The van der Waals surface area contributed by atoms with Crippen molar-refractivity contribution in [3.63, 3.8) is 0 Å². The molecule has 1 fully saturated rings. The van der Waals surface area contributed by atoms with Crippen molar-refractivity contribution < 1.29 is 14.3 Å². The van der Waals surface area contributed by atoms with E-state index >= 15 is 0 Å². The van der Waals surface area contributed by atoms with E-state index in [9.17, 15) is 4.79 Å². The highest BCUT2D eigenvalue weighted by Crippen LogP contribution is 2.32. The Hall–Kier alpha value is -2.92. The lowest BCUT2D eigenvalue weighted by Crippen LogP contribution is -2.34. The average Bonchev–Trinajstić information content (AvgIpc) is 3.63. The topological polar surface area (TPSA) is 110 Å². The Morgan fingerprint density at radius 2 is 2.08 bits per heavy atom. The van der Waals surface area contributed by atoms with Gasteiger partial charge in [-0.3, -0.25) is 4.79 Å². The fourth-order valence-electron chi connectivity index (χ4n) is 4.43. The number of benzene rings is 1. The van der Waals surface area contributed by atoms with Gasteiger partial charge in [0.05, 0.1) is 47.0 Å². The molecule has 1 aliphatic rings. The molecule has 0 saturated carbocycles. The van der Waals surface area contributed by atoms with Gasteiger partial charge in [0.1, 0.15) is 12.2 Å². The Kier molecular flexibility index (Phi) is 9.09. The smallest absolute Gasteiger partial charge is 0.311 e. The Morgan fingerprint density at radius 1 is 1.26 bits per heavy atom. The first kappa shape index (κ1) is 28.1. The molecule has 0 spiro atoms. The Morgan fingerprint density at radius 3 is 2.79 bits per heavy atom. The van der Waals surface area contributed by atoms with Crippen LogP contribution < -0.4 is 5.32 Å². The normalized spacial score (nSPS) is 16.7. The number of esters is 1. The molecule has 0 amide bonds. The number of aromatic nitrogens is 4. The van der Waals surface area contributed by atoms with E-state index in [1.165, 1.54) is 0 Å². The molecule has 0 radical (unpaired) electrons. The van der Waals surface area contributed by atoms with E-state index in [1.54, 1.807) is 12.7 Å². The van der Waals surface area contributed by atoms with Gasteiger partial charge in [-0.1, -0.05) is 13.3 Å². The van der Waals surface area contributed by atoms with Crippen molar-refractivity contribution in [2.75, 3.05) is 33.0 Å². The largest absolute Gasteiger partial charge is 0.465 e. The van der Waals surface area contributed by atoms with E-state index in [1.807, 2.05) is 50.7 Å². The van der Waals surface area contributed by atoms with Crippen LogP contribution in [0.1, 0.15) is 39.8 Å². The third-order valence-corrected chi connectivity index (χ3v) is 7.68. The van der Waals surface area contributed by atoms with E-state index in [0.717, 1.165) is 58.8 Å². The molecule has 38 heavy (non-hydrogen) atoms. The fourth-order valence-corrected chi connectivity index (χ4v) is 4.97.